The molecule has 0 aromatic carbocycles. The predicted octanol–water partition coefficient (Wildman–Crippen LogP) is 7.83. The molecule has 0 aliphatic heterocycles. The third-order valence-corrected chi connectivity index (χ3v) is 12.9. The molecule has 0 N–H and O–H groups in total. The number of allylic oxidation sites excluding steroid dienone is 4. The van der Waals surface area contributed by atoms with Gasteiger partial charge in [-0.15, -0.1) is 0 Å². The first-order valence-electron chi connectivity index (χ1n) is 15.0. The number of hydrogen-bond donors (Lipinski definition) is 0. The summed E-state index contributed by atoms with van der Waals surface area (Å²) in [6.45, 7) is 22.8. The van der Waals surface area contributed by atoms with Gasteiger partial charge in [0.05, 0.1) is 12.0 Å². The molecule has 7 atom stereocenters. The fourth-order valence-corrected chi connectivity index (χ4v) is 10.5. The molecule has 6 nitrogen and oxygen atoms in total. The highest BCUT2D eigenvalue weighted by Crippen LogP contribution is 2.74. The van der Waals surface area contributed by atoms with E-state index in [1.165, 1.54) is 0 Å². The average molecular weight is 566 g/mol. The largest absolute Gasteiger partial charge is 0.339 e. The van der Waals surface area contributed by atoms with Gasteiger partial charge in [-0.1, -0.05) is 65.3 Å². The Morgan fingerprint density at radius 3 is 2.34 bits per heavy atom. The Morgan fingerprint density at radius 1 is 1.02 bits per heavy atom. The number of rotatable bonds is 2. The summed E-state index contributed by atoms with van der Waals surface area (Å²) in [6.07, 6.45) is 6.37. The Hall–Kier alpha value is -2.69. The zero-order valence-corrected chi connectivity index (χ0v) is 25.2. The van der Waals surface area contributed by atoms with E-state index in [0.29, 0.717) is 6.42 Å². The highest BCUT2D eigenvalue weighted by molar-refractivity contribution is 6.03. The summed E-state index contributed by atoms with van der Waals surface area (Å²) in [7, 11) is 0. The van der Waals surface area contributed by atoms with Gasteiger partial charge in [-0.25, -0.2) is 13.6 Å². The van der Waals surface area contributed by atoms with E-state index in [2.05, 4.69) is 49.6 Å². The van der Waals surface area contributed by atoms with Crippen molar-refractivity contribution in [3.8, 4) is 0 Å². The van der Waals surface area contributed by atoms with E-state index in [1.54, 1.807) is 0 Å². The van der Waals surface area contributed by atoms with Crippen LogP contribution in [0.3, 0.4) is 0 Å². The second-order valence-electron chi connectivity index (χ2n) is 15.6. The monoisotopic (exact) mass is 565 g/mol. The number of Topliss-reactive ketones (excluding diaryl/α,β-unsaturated/α-hetero) is 1. The minimum Gasteiger partial charge on any atom is -0.339 e. The van der Waals surface area contributed by atoms with Crippen molar-refractivity contribution in [1.82, 2.24) is 10.1 Å². The molecule has 5 aliphatic carbocycles. The smallest absolute Gasteiger partial charge is 0.300 e. The van der Waals surface area contributed by atoms with Gasteiger partial charge < -0.3 is 9.32 Å². The lowest BCUT2D eigenvalue weighted by atomic mass is 9.34. The molecule has 0 spiro atoms. The van der Waals surface area contributed by atoms with Crippen LogP contribution >= 0.6 is 0 Å². The number of alkyl halides is 2. The van der Waals surface area contributed by atoms with Crippen molar-refractivity contribution in [3.05, 3.63) is 46.6 Å². The van der Waals surface area contributed by atoms with Crippen LogP contribution in [0.25, 0.3) is 4.85 Å². The molecule has 0 amide bonds. The fourth-order valence-electron chi connectivity index (χ4n) is 10.5. The Balaban J connectivity index is 1.52. The van der Waals surface area contributed by atoms with Crippen LogP contribution in [0.15, 0.2) is 27.9 Å². The molecular weight excluding hydrogens is 524 g/mol. The van der Waals surface area contributed by atoms with Gasteiger partial charge in [0.2, 0.25) is 17.4 Å². The number of nitrogens with zero attached hydrogens (tertiary/aromatic N) is 3. The van der Waals surface area contributed by atoms with E-state index >= 15 is 0 Å². The molecule has 6 rings (SSSR count). The first kappa shape index (κ1) is 28.4. The molecule has 0 unspecified atom stereocenters. The van der Waals surface area contributed by atoms with Crippen molar-refractivity contribution in [2.75, 3.05) is 0 Å². The van der Waals surface area contributed by atoms with Gasteiger partial charge >= 0.3 is 6.43 Å². The van der Waals surface area contributed by atoms with Crippen LogP contribution in [-0.4, -0.2) is 21.7 Å². The normalized spacial score (nSPS) is 42.7. The molecule has 8 heteroatoms. The molecule has 3 saturated carbocycles. The molecule has 1 aromatic heterocycles. The number of carbonyl (C=O) groups excluding carboxylic acids is 2. The number of aromatic nitrogens is 2. The zero-order chi connectivity index (χ0) is 30.0. The molecule has 41 heavy (non-hydrogen) atoms. The van der Waals surface area contributed by atoms with Crippen LogP contribution in [-0.2, 0) is 15.0 Å². The SMILES string of the molecule is [C-]#[N+]C1=C[C@]2(C)C3=CC(=O)[C@@H]4[C@@H]5CC(C)(C)CC[C@]5(c5nc(C(F)F)no5)CC[C@@]4(C)[C@]3(C)CC[C@H]2C(C)(C)C1=O. The highest BCUT2D eigenvalue weighted by atomic mass is 19.3. The molecule has 0 radical (unpaired) electrons. The quantitative estimate of drug-likeness (QED) is 0.342. The van der Waals surface area contributed by atoms with Gasteiger partial charge in [0.25, 0.3) is 0 Å². The van der Waals surface area contributed by atoms with Crippen molar-refractivity contribution >= 4 is 11.6 Å². The van der Waals surface area contributed by atoms with Crippen molar-refractivity contribution in [2.45, 2.75) is 105 Å². The standard InChI is InChI=1S/C33H41F2N3O3/c1-28(2)11-13-33(27-37-26(25(34)35)38-41-27)14-12-32(7)23(18(33)16-28)20(39)15-22-30(5)17-19(36-8)24(40)29(3,4)21(30)9-10-31(22,32)6/h15,17-18,21,23,25H,9-14,16H2,1-7H3/t18-,21-,23-,30-,31+,32+,33-/m0/s1. The fraction of sp³-hybridized carbons (Fsp3) is 0.727. The average Bonchev–Trinajstić information content (AvgIpc) is 3.39. The van der Waals surface area contributed by atoms with E-state index < -0.39 is 33.9 Å². The Labute approximate surface area is 241 Å². The van der Waals surface area contributed by atoms with Crippen LogP contribution in [0.4, 0.5) is 8.78 Å². The van der Waals surface area contributed by atoms with Gasteiger partial charge in [0, 0.05) is 16.7 Å². The number of carbonyl (C=O) groups is 2. The summed E-state index contributed by atoms with van der Waals surface area (Å²) in [5.74, 6) is -0.830. The van der Waals surface area contributed by atoms with Crippen LogP contribution in [0, 0.1) is 51.4 Å². The maximum absolute atomic E-state index is 14.6. The first-order chi connectivity index (χ1) is 19.0. The topological polar surface area (TPSA) is 77.4 Å². The van der Waals surface area contributed by atoms with Crippen molar-refractivity contribution in [2.24, 2.45) is 44.8 Å². The Bertz CT molecular complexity index is 1450. The van der Waals surface area contributed by atoms with Crippen LogP contribution in [0.5, 0.6) is 0 Å². The molecular formula is C33H41F2N3O3. The zero-order valence-electron chi connectivity index (χ0n) is 25.2. The first-order valence-corrected chi connectivity index (χ1v) is 15.0. The molecule has 1 aromatic rings. The molecule has 1 heterocycles. The van der Waals surface area contributed by atoms with E-state index in [9.17, 15) is 18.4 Å². The van der Waals surface area contributed by atoms with Crippen LogP contribution in [0.1, 0.15) is 112 Å². The molecule has 5 aliphatic rings. The van der Waals surface area contributed by atoms with Gasteiger partial charge in [0.1, 0.15) is 0 Å². The van der Waals surface area contributed by atoms with Gasteiger partial charge in [-0.05, 0) is 79.1 Å². The second kappa shape index (κ2) is 8.45. The molecule has 0 saturated heterocycles. The minimum absolute atomic E-state index is 0.0114. The van der Waals surface area contributed by atoms with Crippen molar-refractivity contribution < 1.29 is 22.9 Å². The molecule has 220 valence electrons. The predicted molar refractivity (Wildman–Crippen MR) is 148 cm³/mol. The summed E-state index contributed by atoms with van der Waals surface area (Å²) in [5.41, 5.74) is -1.45. The van der Waals surface area contributed by atoms with Gasteiger partial charge in [-0.3, -0.25) is 4.79 Å². The van der Waals surface area contributed by atoms with E-state index in [-0.39, 0.29) is 51.7 Å². The maximum Gasteiger partial charge on any atom is 0.300 e. The minimum atomic E-state index is -2.81. The second-order valence-corrected chi connectivity index (χ2v) is 15.6. The number of fused-ring (bicyclic) bond motifs is 7. The summed E-state index contributed by atoms with van der Waals surface area (Å²) in [6, 6.07) is 0. The maximum atomic E-state index is 14.6. The van der Waals surface area contributed by atoms with E-state index in [0.717, 1.165) is 44.1 Å². The van der Waals surface area contributed by atoms with Crippen LogP contribution < -0.4 is 0 Å². The Kier molecular flexibility index (Phi) is 5.86. The van der Waals surface area contributed by atoms with Crippen LogP contribution in [0.2, 0.25) is 0 Å². The number of hydrogen-bond acceptors (Lipinski definition) is 5. The lowest BCUT2D eigenvalue weighted by molar-refractivity contribution is -0.161. The molecule has 3 fully saturated rings. The number of ketones is 2. The third-order valence-electron chi connectivity index (χ3n) is 12.9. The number of halogens is 2. The summed E-state index contributed by atoms with van der Waals surface area (Å²) >= 11 is 0. The van der Waals surface area contributed by atoms with Gasteiger partial charge in [-0.2, -0.15) is 4.98 Å². The van der Waals surface area contributed by atoms with Crippen molar-refractivity contribution in [1.29, 1.82) is 0 Å². The summed E-state index contributed by atoms with van der Waals surface area (Å²) in [4.78, 5) is 35.7. The summed E-state index contributed by atoms with van der Waals surface area (Å²) in [5, 5.41) is 3.63. The van der Waals surface area contributed by atoms with Gasteiger partial charge in [0.15, 0.2) is 11.6 Å². The summed E-state index contributed by atoms with van der Waals surface area (Å²) < 4.78 is 32.6. The van der Waals surface area contributed by atoms with E-state index in [1.807, 2.05) is 26.0 Å². The van der Waals surface area contributed by atoms with Crippen molar-refractivity contribution in [3.63, 3.8) is 0 Å². The Morgan fingerprint density at radius 2 is 1.71 bits per heavy atom. The highest BCUT2D eigenvalue weighted by Gasteiger charge is 2.70. The lowest BCUT2D eigenvalue weighted by Crippen LogP contribution is -2.65. The third kappa shape index (κ3) is 3.50. The lowest BCUT2D eigenvalue weighted by Gasteiger charge is -2.69. The van der Waals surface area contributed by atoms with E-state index in [4.69, 9.17) is 11.1 Å². The molecule has 0 bridgehead atoms.